The first-order valence-electron chi connectivity index (χ1n) is 10.0. The van der Waals surface area contributed by atoms with Crippen LogP contribution in [0.25, 0.3) is 0 Å². The van der Waals surface area contributed by atoms with Crippen molar-refractivity contribution in [3.63, 3.8) is 0 Å². The van der Waals surface area contributed by atoms with Gasteiger partial charge < -0.3 is 15.0 Å². The molecule has 3 aromatic carbocycles. The number of anilines is 1. The molecule has 0 aliphatic carbocycles. The normalized spacial score (nSPS) is 10.3. The highest BCUT2D eigenvalue weighted by molar-refractivity contribution is 6.05. The Hall–Kier alpha value is -3.86. The van der Waals surface area contributed by atoms with E-state index in [4.69, 9.17) is 4.74 Å². The van der Waals surface area contributed by atoms with Crippen LogP contribution >= 0.6 is 0 Å². The minimum absolute atomic E-state index is 0.123. The van der Waals surface area contributed by atoms with Crippen molar-refractivity contribution in [3.05, 3.63) is 108 Å². The second-order valence-electron chi connectivity index (χ2n) is 7.25. The zero-order valence-electron chi connectivity index (χ0n) is 17.8. The van der Waals surface area contributed by atoms with Crippen LogP contribution in [-0.4, -0.2) is 30.4 Å². The molecule has 0 fully saturated rings. The molecular formula is C26H26N2O3. The number of hydrogen-bond acceptors (Lipinski definition) is 3. The summed E-state index contributed by atoms with van der Waals surface area (Å²) in [5.74, 6) is 0.428. The third kappa shape index (κ3) is 5.82. The van der Waals surface area contributed by atoms with Gasteiger partial charge in [0.05, 0.1) is 0 Å². The molecule has 0 atom stereocenters. The van der Waals surface area contributed by atoms with Crippen LogP contribution in [-0.2, 0) is 6.54 Å². The Balaban J connectivity index is 1.68. The highest BCUT2D eigenvalue weighted by Crippen LogP contribution is 2.20. The summed E-state index contributed by atoms with van der Waals surface area (Å²) in [6.45, 7) is 6.44. The molecule has 0 saturated heterocycles. The molecule has 0 aliphatic heterocycles. The maximum Gasteiger partial charge on any atom is 0.255 e. The molecule has 0 aromatic heterocycles. The van der Waals surface area contributed by atoms with Gasteiger partial charge >= 0.3 is 0 Å². The Morgan fingerprint density at radius 2 is 1.71 bits per heavy atom. The van der Waals surface area contributed by atoms with Gasteiger partial charge in [-0.25, -0.2) is 0 Å². The van der Waals surface area contributed by atoms with E-state index < -0.39 is 0 Å². The fourth-order valence-corrected chi connectivity index (χ4v) is 3.09. The molecule has 5 heteroatoms. The fraction of sp³-hybridized carbons (Fsp3) is 0.154. The number of rotatable bonds is 8. The predicted molar refractivity (Wildman–Crippen MR) is 124 cm³/mol. The number of aryl methyl sites for hydroxylation is 1. The van der Waals surface area contributed by atoms with E-state index >= 15 is 0 Å². The van der Waals surface area contributed by atoms with Crippen molar-refractivity contribution < 1.29 is 14.3 Å². The molecule has 0 unspecified atom stereocenters. The number of carbonyl (C=O) groups excluding carboxylic acids is 2. The van der Waals surface area contributed by atoms with Crippen LogP contribution in [0.4, 0.5) is 5.69 Å². The average Bonchev–Trinajstić information content (AvgIpc) is 2.80. The molecular weight excluding hydrogens is 388 g/mol. The summed E-state index contributed by atoms with van der Waals surface area (Å²) < 4.78 is 5.49. The maximum atomic E-state index is 13.0. The van der Waals surface area contributed by atoms with Gasteiger partial charge in [0.25, 0.3) is 11.8 Å². The molecule has 0 radical (unpaired) electrons. The van der Waals surface area contributed by atoms with E-state index in [1.165, 1.54) is 0 Å². The highest BCUT2D eigenvalue weighted by Gasteiger charge is 2.15. The topological polar surface area (TPSA) is 58.6 Å². The van der Waals surface area contributed by atoms with Gasteiger partial charge in [-0.3, -0.25) is 9.59 Å². The van der Waals surface area contributed by atoms with E-state index in [-0.39, 0.29) is 11.8 Å². The first kappa shape index (κ1) is 21.8. The molecule has 0 spiro atoms. The summed E-state index contributed by atoms with van der Waals surface area (Å²) in [5.41, 5.74) is 3.58. The summed E-state index contributed by atoms with van der Waals surface area (Å²) in [7, 11) is 1.76. The quantitative estimate of drug-likeness (QED) is 0.523. The standard InChI is InChI=1S/C26H26N2O3/c1-4-16-31-23-14-11-20(12-15-23)18-28(3)26(30)22-13-10-19(2)24(17-22)27-25(29)21-8-6-5-7-9-21/h4-15,17H,1,16,18H2,2-3H3,(H,27,29). The van der Waals surface area contributed by atoms with Crippen molar-refractivity contribution in [2.45, 2.75) is 13.5 Å². The van der Waals surface area contributed by atoms with Crippen molar-refractivity contribution in [2.24, 2.45) is 0 Å². The number of benzene rings is 3. The minimum atomic E-state index is -0.208. The van der Waals surface area contributed by atoms with E-state index in [9.17, 15) is 9.59 Å². The molecule has 0 heterocycles. The van der Waals surface area contributed by atoms with E-state index in [1.54, 1.807) is 42.3 Å². The molecule has 31 heavy (non-hydrogen) atoms. The first-order valence-corrected chi connectivity index (χ1v) is 10.0. The molecule has 1 N–H and O–H groups in total. The smallest absolute Gasteiger partial charge is 0.255 e. The van der Waals surface area contributed by atoms with E-state index in [0.29, 0.717) is 30.0 Å². The first-order chi connectivity index (χ1) is 15.0. The van der Waals surface area contributed by atoms with Crippen molar-refractivity contribution in [2.75, 3.05) is 19.0 Å². The van der Waals surface area contributed by atoms with Gasteiger partial charge in [-0.1, -0.05) is 49.1 Å². The van der Waals surface area contributed by atoms with Crippen molar-refractivity contribution in [1.82, 2.24) is 4.90 Å². The molecule has 3 aromatic rings. The number of hydrogen-bond donors (Lipinski definition) is 1. The monoisotopic (exact) mass is 414 g/mol. The van der Waals surface area contributed by atoms with Gasteiger partial charge in [-0.2, -0.15) is 0 Å². The lowest BCUT2D eigenvalue weighted by molar-refractivity contribution is 0.0784. The molecule has 2 amide bonds. The zero-order chi connectivity index (χ0) is 22.2. The van der Waals surface area contributed by atoms with E-state index in [0.717, 1.165) is 16.9 Å². The fourth-order valence-electron chi connectivity index (χ4n) is 3.09. The lowest BCUT2D eigenvalue weighted by Crippen LogP contribution is -2.26. The Bertz CT molecular complexity index is 1060. The molecule has 158 valence electrons. The lowest BCUT2D eigenvalue weighted by Gasteiger charge is -2.19. The van der Waals surface area contributed by atoms with Crippen molar-refractivity contribution in [1.29, 1.82) is 0 Å². The van der Waals surface area contributed by atoms with E-state index in [2.05, 4.69) is 11.9 Å². The number of nitrogens with one attached hydrogen (secondary N) is 1. The summed E-state index contributed by atoms with van der Waals surface area (Å²) in [6.07, 6.45) is 1.69. The molecule has 0 saturated carbocycles. The summed E-state index contributed by atoms with van der Waals surface area (Å²) >= 11 is 0. The largest absolute Gasteiger partial charge is 0.490 e. The van der Waals surface area contributed by atoms with Crippen LogP contribution in [0.15, 0.2) is 85.5 Å². The third-order valence-corrected chi connectivity index (χ3v) is 4.83. The molecule has 0 bridgehead atoms. The maximum absolute atomic E-state index is 13.0. The van der Waals surface area contributed by atoms with Crippen LogP contribution in [0.1, 0.15) is 31.8 Å². The van der Waals surface area contributed by atoms with Gasteiger partial charge in [-0.15, -0.1) is 0 Å². The minimum Gasteiger partial charge on any atom is -0.490 e. The second-order valence-corrected chi connectivity index (χ2v) is 7.25. The number of carbonyl (C=O) groups is 2. The number of ether oxygens (including phenoxy) is 1. The Morgan fingerprint density at radius 1 is 1.00 bits per heavy atom. The zero-order valence-corrected chi connectivity index (χ0v) is 17.8. The van der Waals surface area contributed by atoms with Gasteiger partial charge in [0.2, 0.25) is 0 Å². The SMILES string of the molecule is C=CCOc1ccc(CN(C)C(=O)c2ccc(C)c(NC(=O)c3ccccc3)c2)cc1. The summed E-state index contributed by atoms with van der Waals surface area (Å²) in [5, 5.41) is 2.90. The summed E-state index contributed by atoms with van der Waals surface area (Å²) in [4.78, 5) is 27.1. The van der Waals surface area contributed by atoms with Crippen molar-refractivity contribution >= 4 is 17.5 Å². The van der Waals surface area contributed by atoms with Crippen LogP contribution < -0.4 is 10.1 Å². The molecule has 0 aliphatic rings. The average molecular weight is 415 g/mol. The second kappa shape index (κ2) is 10.3. The lowest BCUT2D eigenvalue weighted by atomic mass is 10.1. The molecule has 5 nitrogen and oxygen atoms in total. The Morgan fingerprint density at radius 3 is 2.39 bits per heavy atom. The van der Waals surface area contributed by atoms with Crippen LogP contribution in [0.2, 0.25) is 0 Å². The summed E-state index contributed by atoms with van der Waals surface area (Å²) in [6, 6.07) is 21.9. The van der Waals surface area contributed by atoms with Crippen LogP contribution in [0, 0.1) is 6.92 Å². The Labute approximate surface area is 183 Å². The number of nitrogens with zero attached hydrogens (tertiary/aromatic N) is 1. The van der Waals surface area contributed by atoms with Gasteiger partial charge in [-0.05, 0) is 54.4 Å². The van der Waals surface area contributed by atoms with Crippen LogP contribution in [0.3, 0.4) is 0 Å². The number of amides is 2. The van der Waals surface area contributed by atoms with Crippen LogP contribution in [0.5, 0.6) is 5.75 Å². The van der Waals surface area contributed by atoms with Gasteiger partial charge in [0, 0.05) is 30.4 Å². The highest BCUT2D eigenvalue weighted by atomic mass is 16.5. The molecule has 3 rings (SSSR count). The van der Waals surface area contributed by atoms with Gasteiger partial charge in [0.15, 0.2) is 0 Å². The van der Waals surface area contributed by atoms with Crippen molar-refractivity contribution in [3.8, 4) is 5.75 Å². The third-order valence-electron chi connectivity index (χ3n) is 4.83. The predicted octanol–water partition coefficient (Wildman–Crippen LogP) is 5.08. The van der Waals surface area contributed by atoms with Gasteiger partial charge in [0.1, 0.15) is 12.4 Å². The van der Waals surface area contributed by atoms with E-state index in [1.807, 2.05) is 55.5 Å². The Kier molecular flexibility index (Phi) is 7.22.